The summed E-state index contributed by atoms with van der Waals surface area (Å²) in [5.74, 6) is 0.579. The molecule has 0 radical (unpaired) electrons. The average molecular weight is 411 g/mol. The van der Waals surface area contributed by atoms with Crippen molar-refractivity contribution in [2.75, 3.05) is 51.4 Å². The Bertz CT molecular complexity index is 685. The smallest absolute Gasteiger partial charge is 0.410 e. The zero-order valence-corrected chi connectivity index (χ0v) is 18.0. The summed E-state index contributed by atoms with van der Waals surface area (Å²) in [6.45, 7) is 9.98. The number of nitrogens with zero attached hydrogens (tertiary/aromatic N) is 2. The molecule has 156 valence electrons. The van der Waals surface area contributed by atoms with E-state index in [1.165, 1.54) is 0 Å². The molecule has 28 heavy (non-hydrogen) atoms. The van der Waals surface area contributed by atoms with Crippen LogP contribution in [0.2, 0.25) is 5.02 Å². The fourth-order valence-electron chi connectivity index (χ4n) is 3.64. The van der Waals surface area contributed by atoms with E-state index in [-0.39, 0.29) is 12.2 Å². The van der Waals surface area contributed by atoms with Crippen molar-refractivity contribution in [3.63, 3.8) is 0 Å². The molecule has 6 nitrogen and oxygen atoms in total. The lowest BCUT2D eigenvalue weighted by Gasteiger charge is -2.41. The van der Waals surface area contributed by atoms with E-state index in [2.05, 4.69) is 17.0 Å². The molecular formula is C21H31ClN2O4. The number of methoxy groups -OCH3 is 1. The van der Waals surface area contributed by atoms with Crippen LogP contribution in [0.4, 0.5) is 10.5 Å². The van der Waals surface area contributed by atoms with E-state index in [9.17, 15) is 4.79 Å². The van der Waals surface area contributed by atoms with Gasteiger partial charge in [0.05, 0.1) is 36.6 Å². The van der Waals surface area contributed by atoms with Gasteiger partial charge in [-0.3, -0.25) is 0 Å². The third kappa shape index (κ3) is 5.52. The van der Waals surface area contributed by atoms with Gasteiger partial charge in [0.2, 0.25) is 0 Å². The predicted molar refractivity (Wildman–Crippen MR) is 110 cm³/mol. The molecule has 1 amide bonds. The summed E-state index contributed by atoms with van der Waals surface area (Å²) < 4.78 is 16.5. The normalized spacial score (nSPS) is 20.8. The average Bonchev–Trinajstić information content (AvgIpc) is 2.57. The fourth-order valence-corrected chi connectivity index (χ4v) is 3.96. The van der Waals surface area contributed by atoms with Crippen LogP contribution in [0.25, 0.3) is 0 Å². The third-order valence-corrected chi connectivity index (χ3v) is 5.27. The van der Waals surface area contributed by atoms with Crippen molar-refractivity contribution < 1.29 is 19.0 Å². The van der Waals surface area contributed by atoms with Crippen LogP contribution in [0.1, 0.15) is 26.3 Å². The fraction of sp³-hybridized carbons (Fsp3) is 0.667. The molecule has 1 atom stereocenters. The van der Waals surface area contributed by atoms with Gasteiger partial charge >= 0.3 is 6.09 Å². The monoisotopic (exact) mass is 410 g/mol. The number of hydrogen-bond donors (Lipinski definition) is 0. The molecule has 7 heteroatoms. The molecule has 0 spiro atoms. The minimum Gasteiger partial charge on any atom is -0.444 e. The first-order valence-corrected chi connectivity index (χ1v) is 10.2. The zero-order valence-electron chi connectivity index (χ0n) is 17.2. The molecule has 0 aromatic heterocycles. The van der Waals surface area contributed by atoms with Crippen molar-refractivity contribution in [3.8, 4) is 0 Å². The minimum atomic E-state index is -0.493. The van der Waals surface area contributed by atoms with Crippen LogP contribution >= 0.6 is 11.6 Å². The summed E-state index contributed by atoms with van der Waals surface area (Å²) in [6.07, 6.45) is 0.377. The molecule has 2 aliphatic rings. The van der Waals surface area contributed by atoms with Crippen molar-refractivity contribution in [3.05, 3.63) is 28.8 Å². The molecule has 1 aromatic carbocycles. The lowest BCUT2D eigenvalue weighted by atomic mass is 9.99. The second-order valence-electron chi connectivity index (χ2n) is 8.64. The lowest BCUT2D eigenvalue weighted by Crippen LogP contribution is -2.49. The topological polar surface area (TPSA) is 51.2 Å². The maximum absolute atomic E-state index is 12.3. The van der Waals surface area contributed by atoms with Gasteiger partial charge in [0.15, 0.2) is 0 Å². The Balaban J connectivity index is 1.55. The standard InChI is InChI=1S/C21H31ClN2O4/c1-21(2,3)28-20(25)23-7-8-27-17(13-23)9-15-5-6-19(18(22)10-15)24-11-16(12-24)14-26-4/h5-6,10,16-17H,7-9,11-14H2,1-4H3. The van der Waals surface area contributed by atoms with Crippen LogP contribution in [-0.4, -0.2) is 69.2 Å². The first-order chi connectivity index (χ1) is 13.2. The van der Waals surface area contributed by atoms with E-state index in [4.69, 9.17) is 25.8 Å². The Kier molecular flexibility index (Phi) is 6.73. The van der Waals surface area contributed by atoms with Crippen LogP contribution < -0.4 is 4.90 Å². The van der Waals surface area contributed by atoms with Crippen LogP contribution in [0.15, 0.2) is 18.2 Å². The predicted octanol–water partition coefficient (Wildman–Crippen LogP) is 3.60. The van der Waals surface area contributed by atoms with E-state index in [0.717, 1.165) is 36.0 Å². The molecule has 1 unspecified atom stereocenters. The van der Waals surface area contributed by atoms with Gasteiger partial charge in [-0.05, 0) is 38.5 Å². The highest BCUT2D eigenvalue weighted by molar-refractivity contribution is 6.33. The van der Waals surface area contributed by atoms with Gasteiger partial charge in [-0.2, -0.15) is 0 Å². The maximum atomic E-state index is 12.3. The highest BCUT2D eigenvalue weighted by atomic mass is 35.5. The third-order valence-electron chi connectivity index (χ3n) is 4.97. The van der Waals surface area contributed by atoms with Gasteiger partial charge in [0.1, 0.15) is 5.60 Å². The Labute approximate surface area is 172 Å². The largest absolute Gasteiger partial charge is 0.444 e. The van der Waals surface area contributed by atoms with Crippen molar-refractivity contribution in [1.82, 2.24) is 4.90 Å². The van der Waals surface area contributed by atoms with Gasteiger partial charge in [-0.25, -0.2) is 4.79 Å². The van der Waals surface area contributed by atoms with Crippen molar-refractivity contribution in [2.45, 2.75) is 38.9 Å². The van der Waals surface area contributed by atoms with Gasteiger partial charge < -0.3 is 24.0 Å². The van der Waals surface area contributed by atoms with E-state index < -0.39 is 5.60 Å². The Morgan fingerprint density at radius 1 is 1.29 bits per heavy atom. The molecule has 3 rings (SSSR count). The number of benzene rings is 1. The SMILES string of the molecule is COCC1CN(c2ccc(CC3CN(C(=O)OC(C)(C)C)CCO3)cc2Cl)C1. The summed E-state index contributed by atoms with van der Waals surface area (Å²) in [7, 11) is 1.74. The Morgan fingerprint density at radius 2 is 2.04 bits per heavy atom. The number of halogens is 1. The second kappa shape index (κ2) is 8.89. The van der Waals surface area contributed by atoms with E-state index in [1.54, 1.807) is 12.0 Å². The molecule has 0 bridgehead atoms. The second-order valence-corrected chi connectivity index (χ2v) is 9.04. The number of rotatable bonds is 5. The molecular weight excluding hydrogens is 380 g/mol. The van der Waals surface area contributed by atoms with Crippen molar-refractivity contribution >= 4 is 23.4 Å². The quantitative estimate of drug-likeness (QED) is 0.742. The Morgan fingerprint density at radius 3 is 2.68 bits per heavy atom. The molecule has 2 heterocycles. The number of carbonyl (C=O) groups excluding carboxylic acids is 1. The molecule has 2 saturated heterocycles. The summed E-state index contributed by atoms with van der Waals surface area (Å²) in [5.41, 5.74) is 1.68. The summed E-state index contributed by atoms with van der Waals surface area (Å²) >= 11 is 6.53. The molecule has 1 aromatic rings. The van der Waals surface area contributed by atoms with Gasteiger partial charge in [0.25, 0.3) is 0 Å². The van der Waals surface area contributed by atoms with Crippen LogP contribution in [0.3, 0.4) is 0 Å². The highest BCUT2D eigenvalue weighted by Crippen LogP contribution is 2.32. The summed E-state index contributed by atoms with van der Waals surface area (Å²) in [5, 5.41) is 0.758. The van der Waals surface area contributed by atoms with Crippen molar-refractivity contribution in [1.29, 1.82) is 0 Å². The van der Waals surface area contributed by atoms with E-state index in [1.807, 2.05) is 26.8 Å². The van der Waals surface area contributed by atoms with Gasteiger partial charge in [0, 0.05) is 39.1 Å². The van der Waals surface area contributed by atoms with Crippen LogP contribution in [0.5, 0.6) is 0 Å². The van der Waals surface area contributed by atoms with Gasteiger partial charge in [-0.15, -0.1) is 0 Å². The summed E-state index contributed by atoms with van der Waals surface area (Å²) in [4.78, 5) is 16.3. The minimum absolute atomic E-state index is 0.0572. The Hall–Kier alpha value is -1.50. The molecule has 0 N–H and O–H groups in total. The number of hydrogen-bond acceptors (Lipinski definition) is 5. The van der Waals surface area contributed by atoms with Crippen LogP contribution in [0, 0.1) is 5.92 Å². The molecule has 0 saturated carbocycles. The van der Waals surface area contributed by atoms with Crippen molar-refractivity contribution in [2.24, 2.45) is 5.92 Å². The lowest BCUT2D eigenvalue weighted by molar-refractivity contribution is -0.0415. The first kappa shape index (κ1) is 21.2. The maximum Gasteiger partial charge on any atom is 0.410 e. The summed E-state index contributed by atoms with van der Waals surface area (Å²) in [6, 6.07) is 6.19. The first-order valence-electron chi connectivity index (χ1n) is 9.87. The number of anilines is 1. The van der Waals surface area contributed by atoms with Crippen LogP contribution in [-0.2, 0) is 20.6 Å². The van der Waals surface area contributed by atoms with E-state index >= 15 is 0 Å². The number of morpholine rings is 1. The molecule has 0 aliphatic carbocycles. The molecule has 2 fully saturated rings. The highest BCUT2D eigenvalue weighted by Gasteiger charge is 2.30. The van der Waals surface area contributed by atoms with E-state index in [0.29, 0.717) is 32.0 Å². The zero-order chi connectivity index (χ0) is 20.3. The number of amides is 1. The number of ether oxygens (including phenoxy) is 3. The molecule has 2 aliphatic heterocycles. The number of carbonyl (C=O) groups is 1. The van der Waals surface area contributed by atoms with Gasteiger partial charge in [-0.1, -0.05) is 17.7 Å².